The maximum atomic E-state index is 12.9. The van der Waals surface area contributed by atoms with E-state index in [9.17, 15) is 9.59 Å². The van der Waals surface area contributed by atoms with Crippen molar-refractivity contribution in [2.45, 2.75) is 26.7 Å². The van der Waals surface area contributed by atoms with Crippen molar-refractivity contribution in [3.63, 3.8) is 0 Å². The average molecular weight is 341 g/mol. The molecule has 2 saturated heterocycles. The van der Waals surface area contributed by atoms with Gasteiger partial charge in [0.05, 0.1) is 24.1 Å². The highest BCUT2D eigenvalue weighted by atomic mass is 16.5. The molecule has 2 aromatic rings. The van der Waals surface area contributed by atoms with E-state index in [1.165, 1.54) is 6.92 Å². The van der Waals surface area contributed by atoms with Gasteiger partial charge in [-0.15, -0.1) is 0 Å². The van der Waals surface area contributed by atoms with Crippen molar-refractivity contribution in [3.8, 4) is 0 Å². The molecule has 0 radical (unpaired) electrons. The van der Waals surface area contributed by atoms with Gasteiger partial charge in [0.1, 0.15) is 0 Å². The molecular weight excluding hydrogens is 318 g/mol. The van der Waals surface area contributed by atoms with Gasteiger partial charge in [-0.3, -0.25) is 14.2 Å². The second-order valence-corrected chi connectivity index (χ2v) is 7.52. The van der Waals surface area contributed by atoms with Gasteiger partial charge >= 0.3 is 0 Å². The fourth-order valence-corrected chi connectivity index (χ4v) is 3.92. The molecule has 0 atom stereocenters. The van der Waals surface area contributed by atoms with Gasteiger partial charge in [0, 0.05) is 31.1 Å². The standard InChI is InChI=1S/C19H23N3O3/c1-12-8-14(13(2)23)16-15(9-12)17(24)21(3)18(20-16)22-6-4-19(5-7-22)10-25-11-19/h8-9H,4-7,10-11H2,1-3H3. The maximum absolute atomic E-state index is 12.9. The van der Waals surface area contributed by atoms with E-state index in [-0.39, 0.29) is 11.3 Å². The zero-order valence-corrected chi connectivity index (χ0v) is 15.0. The largest absolute Gasteiger partial charge is 0.380 e. The summed E-state index contributed by atoms with van der Waals surface area (Å²) in [5.41, 5.74) is 2.17. The first-order valence-corrected chi connectivity index (χ1v) is 8.75. The number of rotatable bonds is 2. The van der Waals surface area contributed by atoms with Crippen LogP contribution in [0.4, 0.5) is 5.95 Å². The number of carbonyl (C=O) groups excluding carboxylic acids is 1. The number of aryl methyl sites for hydroxylation is 1. The molecule has 0 N–H and O–H groups in total. The van der Waals surface area contributed by atoms with Crippen molar-refractivity contribution in [2.75, 3.05) is 31.2 Å². The highest BCUT2D eigenvalue weighted by molar-refractivity contribution is 6.05. The van der Waals surface area contributed by atoms with Gasteiger partial charge in [0.25, 0.3) is 5.56 Å². The first-order valence-electron chi connectivity index (χ1n) is 8.75. The summed E-state index contributed by atoms with van der Waals surface area (Å²) in [6.45, 7) is 6.82. The Kier molecular flexibility index (Phi) is 3.68. The van der Waals surface area contributed by atoms with Crippen molar-refractivity contribution in [1.82, 2.24) is 9.55 Å². The minimum absolute atomic E-state index is 0.0652. The molecule has 6 heteroatoms. The van der Waals surface area contributed by atoms with Crippen molar-refractivity contribution in [1.29, 1.82) is 0 Å². The fraction of sp³-hybridized carbons (Fsp3) is 0.526. The van der Waals surface area contributed by atoms with Gasteiger partial charge in [0.2, 0.25) is 5.95 Å². The second-order valence-electron chi connectivity index (χ2n) is 7.52. The summed E-state index contributed by atoms with van der Waals surface area (Å²) >= 11 is 0. The van der Waals surface area contributed by atoms with Gasteiger partial charge in [0.15, 0.2) is 5.78 Å². The highest BCUT2D eigenvalue weighted by Gasteiger charge is 2.41. The first-order chi connectivity index (χ1) is 11.9. The Morgan fingerprint density at radius 1 is 1.24 bits per heavy atom. The number of hydrogen-bond acceptors (Lipinski definition) is 5. The van der Waals surface area contributed by atoms with Crippen LogP contribution in [-0.2, 0) is 11.8 Å². The minimum atomic E-state index is -0.0986. The number of carbonyl (C=O) groups is 1. The molecule has 2 aliphatic heterocycles. The number of anilines is 1. The Morgan fingerprint density at radius 3 is 2.48 bits per heavy atom. The molecule has 2 aliphatic rings. The Bertz CT molecular complexity index is 918. The van der Waals surface area contributed by atoms with E-state index in [4.69, 9.17) is 9.72 Å². The summed E-state index contributed by atoms with van der Waals surface area (Å²) in [6, 6.07) is 3.63. The van der Waals surface area contributed by atoms with E-state index in [1.54, 1.807) is 11.6 Å². The second kappa shape index (κ2) is 5.66. The van der Waals surface area contributed by atoms with E-state index < -0.39 is 0 Å². The summed E-state index contributed by atoms with van der Waals surface area (Å²) < 4.78 is 7.00. The van der Waals surface area contributed by atoms with Crippen LogP contribution in [0.2, 0.25) is 0 Å². The molecule has 1 spiro atoms. The number of nitrogens with zero attached hydrogens (tertiary/aromatic N) is 3. The molecular formula is C19H23N3O3. The van der Waals surface area contributed by atoms with Crippen LogP contribution in [0.3, 0.4) is 0 Å². The van der Waals surface area contributed by atoms with Crippen molar-refractivity contribution in [3.05, 3.63) is 33.6 Å². The number of aromatic nitrogens is 2. The third-order valence-corrected chi connectivity index (χ3v) is 5.60. The lowest BCUT2D eigenvalue weighted by Crippen LogP contribution is -2.51. The zero-order chi connectivity index (χ0) is 17.8. The van der Waals surface area contributed by atoms with Gasteiger partial charge in [-0.25, -0.2) is 4.98 Å². The number of Topliss-reactive ketones (excluding diaryl/α,β-unsaturated/α-hetero) is 1. The number of ketones is 1. The van der Waals surface area contributed by atoms with Gasteiger partial charge < -0.3 is 9.64 Å². The van der Waals surface area contributed by atoms with Gasteiger partial charge in [-0.1, -0.05) is 0 Å². The topological polar surface area (TPSA) is 64.4 Å². The summed E-state index contributed by atoms with van der Waals surface area (Å²) in [4.78, 5) is 31.8. The van der Waals surface area contributed by atoms with Crippen LogP contribution in [-0.4, -0.2) is 41.6 Å². The lowest BCUT2D eigenvalue weighted by Gasteiger charge is -2.47. The van der Waals surface area contributed by atoms with Crippen LogP contribution in [0.5, 0.6) is 0 Å². The molecule has 0 saturated carbocycles. The smallest absolute Gasteiger partial charge is 0.262 e. The van der Waals surface area contributed by atoms with Crippen LogP contribution in [0.1, 0.15) is 35.7 Å². The van der Waals surface area contributed by atoms with E-state index in [2.05, 4.69) is 4.90 Å². The van der Waals surface area contributed by atoms with Crippen molar-refractivity contribution >= 4 is 22.6 Å². The van der Waals surface area contributed by atoms with Crippen LogP contribution in [0.15, 0.2) is 16.9 Å². The number of piperidine rings is 1. The molecule has 0 aliphatic carbocycles. The molecule has 0 unspecified atom stereocenters. The predicted molar refractivity (Wildman–Crippen MR) is 96.4 cm³/mol. The van der Waals surface area contributed by atoms with Gasteiger partial charge in [-0.2, -0.15) is 0 Å². The Labute approximate surface area is 146 Å². The number of fused-ring (bicyclic) bond motifs is 1. The zero-order valence-electron chi connectivity index (χ0n) is 15.0. The van der Waals surface area contributed by atoms with E-state index in [1.807, 2.05) is 19.1 Å². The normalized spacial score (nSPS) is 19.2. The first kappa shape index (κ1) is 16.3. The Balaban J connectivity index is 1.81. The molecule has 6 nitrogen and oxygen atoms in total. The minimum Gasteiger partial charge on any atom is -0.380 e. The molecule has 1 aromatic heterocycles. The van der Waals surface area contributed by atoms with Crippen LogP contribution >= 0.6 is 0 Å². The van der Waals surface area contributed by atoms with Crippen molar-refractivity contribution in [2.24, 2.45) is 12.5 Å². The predicted octanol–water partition coefficient (Wildman–Crippen LogP) is 2.06. The summed E-state index contributed by atoms with van der Waals surface area (Å²) in [5, 5.41) is 0.511. The third kappa shape index (κ3) is 2.56. The van der Waals surface area contributed by atoms with E-state index >= 15 is 0 Å². The quantitative estimate of drug-likeness (QED) is 0.783. The molecule has 2 fully saturated rings. The molecule has 0 amide bonds. The summed E-state index contributed by atoms with van der Waals surface area (Å²) in [5.74, 6) is 0.587. The monoisotopic (exact) mass is 341 g/mol. The summed E-state index contributed by atoms with van der Waals surface area (Å²) in [6.07, 6.45) is 2.10. The van der Waals surface area contributed by atoms with Crippen LogP contribution in [0, 0.1) is 12.3 Å². The molecule has 4 rings (SSSR count). The molecule has 132 valence electrons. The lowest BCUT2D eigenvalue weighted by atomic mass is 9.77. The van der Waals surface area contributed by atoms with E-state index in [0.29, 0.717) is 27.8 Å². The molecule has 3 heterocycles. The van der Waals surface area contributed by atoms with Gasteiger partial charge in [-0.05, 0) is 44.4 Å². The number of ether oxygens (including phenoxy) is 1. The molecule has 1 aromatic carbocycles. The SMILES string of the molecule is CC(=O)c1cc(C)cc2c(=O)n(C)c(N3CCC4(CC3)COC4)nc12. The summed E-state index contributed by atoms with van der Waals surface area (Å²) in [7, 11) is 1.76. The lowest BCUT2D eigenvalue weighted by molar-refractivity contribution is -0.124. The van der Waals surface area contributed by atoms with E-state index in [0.717, 1.165) is 44.7 Å². The molecule has 0 bridgehead atoms. The third-order valence-electron chi connectivity index (χ3n) is 5.60. The number of benzene rings is 1. The molecule has 25 heavy (non-hydrogen) atoms. The fourth-order valence-electron chi connectivity index (χ4n) is 3.92. The maximum Gasteiger partial charge on any atom is 0.262 e. The highest BCUT2D eigenvalue weighted by Crippen LogP contribution is 2.39. The van der Waals surface area contributed by atoms with Crippen LogP contribution in [0.25, 0.3) is 10.9 Å². The average Bonchev–Trinajstić information content (AvgIpc) is 2.56. The Hall–Kier alpha value is -2.21. The van der Waals surface area contributed by atoms with Crippen LogP contribution < -0.4 is 10.5 Å². The number of hydrogen-bond donors (Lipinski definition) is 0. The Morgan fingerprint density at radius 2 is 1.92 bits per heavy atom. The van der Waals surface area contributed by atoms with Crippen molar-refractivity contribution < 1.29 is 9.53 Å².